The zero-order chi connectivity index (χ0) is 25.3. The van der Waals surface area contributed by atoms with Gasteiger partial charge in [0.25, 0.3) is 12.3 Å². The lowest BCUT2D eigenvalue weighted by Gasteiger charge is -2.43. The Labute approximate surface area is 209 Å². The van der Waals surface area contributed by atoms with Gasteiger partial charge in [-0.2, -0.15) is 0 Å². The number of amides is 3. The van der Waals surface area contributed by atoms with Crippen LogP contribution >= 0.6 is 23.1 Å². The number of halogens is 2. The fourth-order valence-corrected chi connectivity index (χ4v) is 6.73. The van der Waals surface area contributed by atoms with E-state index in [0.717, 1.165) is 33.4 Å². The third kappa shape index (κ3) is 5.30. The van der Waals surface area contributed by atoms with E-state index in [2.05, 4.69) is 5.32 Å². The van der Waals surface area contributed by atoms with E-state index < -0.39 is 18.2 Å². The molecule has 35 heavy (non-hydrogen) atoms. The van der Waals surface area contributed by atoms with Gasteiger partial charge in [0.1, 0.15) is 5.00 Å². The van der Waals surface area contributed by atoms with Gasteiger partial charge in [-0.3, -0.25) is 20.3 Å². The zero-order valence-corrected chi connectivity index (χ0v) is 20.5. The number of thioether (sulfide) groups is 1. The number of carbonyl (C=O) groups is 3. The number of fused-ring (bicyclic) bond motifs is 1. The van der Waals surface area contributed by atoms with Crippen LogP contribution in [-0.2, 0) is 0 Å². The molecular weight excluding hydrogens is 494 g/mol. The summed E-state index contributed by atoms with van der Waals surface area (Å²) in [6.45, 7) is 2.77. The standard InChI is InChI=1S/C24H24F2N4O3S2/c1-13-2-5-18-15(10-13)17(31)11-24(35-18)6-8-30(9-7-24)22(32)19-14(3-4-16(27)20(25)26)12-34-21(19)29-23(28)33/h2-5,10,12,20,27H,6-9,11H2,1H3,(H3,28,29,33)/b4-3-,27-16?. The minimum absolute atomic E-state index is 0.113. The molecule has 4 rings (SSSR count). The Balaban J connectivity index is 1.54. The number of thiophene rings is 1. The monoisotopic (exact) mass is 518 g/mol. The quantitative estimate of drug-likeness (QED) is 0.472. The molecule has 3 heterocycles. The highest BCUT2D eigenvalue weighted by Gasteiger charge is 2.43. The van der Waals surface area contributed by atoms with Crippen molar-refractivity contribution in [3.8, 4) is 0 Å². The predicted octanol–water partition coefficient (Wildman–Crippen LogP) is 5.20. The van der Waals surface area contributed by atoms with Crippen LogP contribution < -0.4 is 11.1 Å². The fraction of sp³-hybridized carbons (Fsp3) is 0.333. The van der Waals surface area contributed by atoms with Crippen LogP contribution in [-0.4, -0.2) is 52.6 Å². The van der Waals surface area contributed by atoms with Gasteiger partial charge in [0.15, 0.2) is 5.78 Å². The Morgan fingerprint density at radius 3 is 2.66 bits per heavy atom. The molecule has 3 amide bonds. The second-order valence-electron chi connectivity index (χ2n) is 8.65. The van der Waals surface area contributed by atoms with E-state index in [9.17, 15) is 23.2 Å². The molecule has 1 spiro atoms. The SMILES string of the molecule is Cc1ccc2c(c1)C(=O)CC1(CCN(C(=O)c3c(/C=C\C(=N)C(F)F)csc3NC(N)=O)CC1)S2. The fourth-order valence-electron chi connectivity index (χ4n) is 4.33. The highest BCUT2D eigenvalue weighted by Crippen LogP contribution is 2.49. The summed E-state index contributed by atoms with van der Waals surface area (Å²) in [6, 6.07) is 5.04. The van der Waals surface area contributed by atoms with Crippen LogP contribution in [0.15, 0.2) is 34.6 Å². The number of hydrogen-bond acceptors (Lipinski definition) is 6. The first-order valence-electron chi connectivity index (χ1n) is 10.9. The number of Topliss-reactive ketones (excluding diaryl/α,β-unsaturated/α-hetero) is 1. The molecule has 0 radical (unpaired) electrons. The van der Waals surface area contributed by atoms with E-state index in [1.165, 1.54) is 6.08 Å². The zero-order valence-electron chi connectivity index (χ0n) is 18.9. The molecule has 2 aliphatic heterocycles. The van der Waals surface area contributed by atoms with Crippen LogP contribution in [0.4, 0.5) is 18.6 Å². The molecule has 1 aromatic carbocycles. The summed E-state index contributed by atoms with van der Waals surface area (Å²) in [4.78, 5) is 40.4. The van der Waals surface area contributed by atoms with Crippen LogP contribution in [0.3, 0.4) is 0 Å². The molecule has 0 aliphatic carbocycles. The second-order valence-corrected chi connectivity index (χ2v) is 11.0. The van der Waals surface area contributed by atoms with Crippen molar-refractivity contribution >= 4 is 57.6 Å². The molecule has 7 nitrogen and oxygen atoms in total. The first-order valence-corrected chi connectivity index (χ1v) is 12.6. The number of carbonyl (C=O) groups excluding carboxylic acids is 3. The van der Waals surface area contributed by atoms with Crippen LogP contribution in [0.25, 0.3) is 6.08 Å². The first kappa shape index (κ1) is 25.1. The summed E-state index contributed by atoms with van der Waals surface area (Å²) < 4.78 is 25.2. The van der Waals surface area contributed by atoms with Crippen LogP contribution in [0.2, 0.25) is 0 Å². The predicted molar refractivity (Wildman–Crippen MR) is 134 cm³/mol. The van der Waals surface area contributed by atoms with Gasteiger partial charge in [-0.05, 0) is 38.0 Å². The van der Waals surface area contributed by atoms with Crippen molar-refractivity contribution in [1.29, 1.82) is 5.41 Å². The smallest absolute Gasteiger partial charge is 0.317 e. The summed E-state index contributed by atoms with van der Waals surface area (Å²) in [6.07, 6.45) is 0.914. The number of likely N-dealkylation sites (tertiary alicyclic amines) is 1. The van der Waals surface area contributed by atoms with Crippen LogP contribution in [0, 0.1) is 12.3 Å². The van der Waals surface area contributed by atoms with Gasteiger partial charge in [-0.1, -0.05) is 17.7 Å². The summed E-state index contributed by atoms with van der Waals surface area (Å²) >= 11 is 2.75. The van der Waals surface area contributed by atoms with Crippen molar-refractivity contribution in [2.24, 2.45) is 5.73 Å². The van der Waals surface area contributed by atoms with Gasteiger partial charge in [0.2, 0.25) is 0 Å². The lowest BCUT2D eigenvalue weighted by Crippen LogP contribution is -2.47. The molecule has 1 aromatic heterocycles. The van der Waals surface area contributed by atoms with Crippen LogP contribution in [0.5, 0.6) is 0 Å². The van der Waals surface area contributed by atoms with E-state index >= 15 is 0 Å². The molecule has 0 atom stereocenters. The number of aryl methyl sites for hydroxylation is 1. The van der Waals surface area contributed by atoms with Crippen molar-refractivity contribution < 1.29 is 23.2 Å². The largest absolute Gasteiger partial charge is 0.351 e. The highest BCUT2D eigenvalue weighted by molar-refractivity contribution is 8.01. The Hall–Kier alpha value is -3.05. The Morgan fingerprint density at radius 2 is 2.00 bits per heavy atom. The van der Waals surface area contributed by atoms with E-state index in [4.69, 9.17) is 11.1 Å². The van der Waals surface area contributed by atoms with E-state index in [1.54, 1.807) is 22.0 Å². The average Bonchev–Trinajstić information content (AvgIpc) is 3.19. The third-order valence-corrected chi connectivity index (χ3v) is 8.63. The number of primary amides is 1. The number of nitrogens with zero attached hydrogens (tertiary/aromatic N) is 1. The molecular formula is C24H24F2N4O3S2. The maximum Gasteiger partial charge on any atom is 0.317 e. The summed E-state index contributed by atoms with van der Waals surface area (Å²) in [7, 11) is 0. The van der Waals surface area contributed by atoms with Crippen molar-refractivity contribution in [3.05, 3.63) is 51.9 Å². The number of hydrogen-bond donors (Lipinski definition) is 3. The number of benzene rings is 1. The molecule has 0 unspecified atom stereocenters. The minimum atomic E-state index is -2.93. The maximum absolute atomic E-state index is 13.5. The van der Waals surface area contributed by atoms with Crippen molar-refractivity contribution in [3.63, 3.8) is 0 Å². The highest BCUT2D eigenvalue weighted by atomic mass is 32.2. The lowest BCUT2D eigenvalue weighted by atomic mass is 9.87. The summed E-state index contributed by atoms with van der Waals surface area (Å²) in [5.41, 5.74) is 6.63. The number of urea groups is 1. The number of allylic oxidation sites excluding steroid dienone is 1. The Kier molecular flexibility index (Phi) is 7.09. The molecule has 4 N–H and O–H groups in total. The normalized spacial score (nSPS) is 17.1. The van der Waals surface area contributed by atoms with Gasteiger partial charge in [-0.15, -0.1) is 23.1 Å². The van der Waals surface area contributed by atoms with Crippen molar-refractivity contribution in [1.82, 2.24) is 4.90 Å². The van der Waals surface area contributed by atoms with Crippen LogP contribution in [0.1, 0.15) is 51.1 Å². The first-order chi connectivity index (χ1) is 16.6. The summed E-state index contributed by atoms with van der Waals surface area (Å²) in [5.74, 6) is -0.252. The molecule has 2 aliphatic rings. The van der Waals surface area contributed by atoms with Gasteiger partial charge in [-0.25, -0.2) is 13.6 Å². The van der Waals surface area contributed by atoms with E-state index in [0.29, 0.717) is 37.9 Å². The van der Waals surface area contributed by atoms with Gasteiger partial charge >= 0.3 is 6.03 Å². The topological polar surface area (TPSA) is 116 Å². The Morgan fingerprint density at radius 1 is 1.29 bits per heavy atom. The van der Waals surface area contributed by atoms with Gasteiger partial charge < -0.3 is 10.6 Å². The maximum atomic E-state index is 13.5. The minimum Gasteiger partial charge on any atom is -0.351 e. The molecule has 1 saturated heterocycles. The third-order valence-electron chi connectivity index (χ3n) is 6.15. The molecule has 11 heteroatoms. The number of alkyl halides is 2. The second kappa shape index (κ2) is 9.90. The van der Waals surface area contributed by atoms with Gasteiger partial charge in [0.05, 0.1) is 11.3 Å². The van der Waals surface area contributed by atoms with Gasteiger partial charge in [0, 0.05) is 45.7 Å². The van der Waals surface area contributed by atoms with Crippen molar-refractivity contribution in [2.45, 2.75) is 42.3 Å². The number of nitrogens with two attached hydrogens (primary N) is 1. The molecule has 1 fully saturated rings. The lowest BCUT2D eigenvalue weighted by molar-refractivity contribution is 0.0697. The van der Waals surface area contributed by atoms with E-state index in [-0.39, 0.29) is 27.0 Å². The molecule has 0 saturated carbocycles. The molecule has 0 bridgehead atoms. The average molecular weight is 519 g/mol. The number of ketones is 1. The number of anilines is 1. The molecule has 2 aromatic rings. The van der Waals surface area contributed by atoms with E-state index in [1.807, 2.05) is 25.1 Å². The summed E-state index contributed by atoms with van der Waals surface area (Å²) in [5, 5.41) is 11.5. The van der Waals surface area contributed by atoms with Crippen molar-refractivity contribution in [2.75, 3.05) is 18.4 Å². The number of nitrogens with one attached hydrogen (secondary N) is 2. The number of piperidine rings is 1. The molecule has 184 valence electrons. The Bertz CT molecular complexity index is 1230. The number of rotatable bonds is 5.